The third kappa shape index (κ3) is 4.85. The van der Waals surface area contributed by atoms with E-state index in [4.69, 9.17) is 0 Å². The van der Waals surface area contributed by atoms with E-state index < -0.39 is 0 Å². The molecule has 1 aliphatic rings. The number of nitrogens with zero attached hydrogens (tertiary/aromatic N) is 1. The van der Waals surface area contributed by atoms with Crippen molar-refractivity contribution in [3.05, 3.63) is 65.7 Å². The first kappa shape index (κ1) is 17.0. The zero-order valence-corrected chi connectivity index (χ0v) is 15.0. The first-order valence-corrected chi connectivity index (χ1v) is 9.29. The van der Waals surface area contributed by atoms with Crippen LogP contribution in [0.15, 0.2) is 54.6 Å². The lowest BCUT2D eigenvalue weighted by Gasteiger charge is -2.36. The molecule has 1 fully saturated rings. The van der Waals surface area contributed by atoms with Crippen LogP contribution in [0.3, 0.4) is 0 Å². The Labute approximate surface area is 146 Å². The number of hydrogen-bond acceptors (Lipinski definition) is 2. The Bertz CT molecular complexity index is 596. The predicted molar refractivity (Wildman–Crippen MR) is 103 cm³/mol. The van der Waals surface area contributed by atoms with E-state index >= 15 is 0 Å². The fourth-order valence-electron chi connectivity index (χ4n) is 3.81. The maximum Gasteiger partial charge on any atom is 0.0366 e. The van der Waals surface area contributed by atoms with E-state index in [1.165, 1.54) is 36.3 Å². The molecule has 1 N–H and O–H groups in total. The van der Waals surface area contributed by atoms with Crippen molar-refractivity contribution in [2.75, 3.05) is 24.5 Å². The van der Waals surface area contributed by atoms with Gasteiger partial charge in [-0.25, -0.2) is 0 Å². The quantitative estimate of drug-likeness (QED) is 0.788. The van der Waals surface area contributed by atoms with Crippen molar-refractivity contribution in [3.63, 3.8) is 0 Å². The van der Waals surface area contributed by atoms with Crippen LogP contribution in [-0.2, 0) is 13.0 Å². The van der Waals surface area contributed by atoms with Gasteiger partial charge >= 0.3 is 0 Å². The minimum atomic E-state index is 0.799. The van der Waals surface area contributed by atoms with E-state index in [1.54, 1.807) is 0 Å². The zero-order valence-electron chi connectivity index (χ0n) is 15.0. The summed E-state index contributed by atoms with van der Waals surface area (Å²) in [5, 5.41) is 3.55. The Morgan fingerprint density at radius 1 is 0.875 bits per heavy atom. The average Bonchev–Trinajstić information content (AvgIpc) is 2.59. The second kappa shape index (κ2) is 8.34. The Morgan fingerprint density at radius 2 is 1.54 bits per heavy atom. The van der Waals surface area contributed by atoms with Crippen LogP contribution in [0, 0.1) is 11.8 Å². The van der Waals surface area contributed by atoms with Gasteiger partial charge in [-0.3, -0.25) is 0 Å². The number of piperidine rings is 1. The van der Waals surface area contributed by atoms with Gasteiger partial charge in [0, 0.05) is 25.3 Å². The van der Waals surface area contributed by atoms with Crippen LogP contribution in [0.25, 0.3) is 0 Å². The molecular formula is C22H30N2. The van der Waals surface area contributed by atoms with Crippen molar-refractivity contribution in [2.24, 2.45) is 11.8 Å². The van der Waals surface area contributed by atoms with Crippen molar-refractivity contribution in [3.8, 4) is 0 Å². The number of rotatable bonds is 6. The second-order valence-corrected chi connectivity index (χ2v) is 7.43. The fraction of sp³-hybridized carbons (Fsp3) is 0.455. The smallest absolute Gasteiger partial charge is 0.0366 e. The van der Waals surface area contributed by atoms with Gasteiger partial charge in [0.1, 0.15) is 0 Å². The van der Waals surface area contributed by atoms with Gasteiger partial charge in [0.15, 0.2) is 0 Å². The van der Waals surface area contributed by atoms with Crippen molar-refractivity contribution in [1.29, 1.82) is 0 Å². The summed E-state index contributed by atoms with van der Waals surface area (Å²) in [6, 6.07) is 19.8. The molecule has 0 bridgehead atoms. The highest BCUT2D eigenvalue weighted by atomic mass is 15.1. The number of nitrogens with one attached hydrogen (secondary N) is 1. The van der Waals surface area contributed by atoms with Crippen LogP contribution in [0.1, 0.15) is 31.4 Å². The van der Waals surface area contributed by atoms with Crippen LogP contribution in [0.5, 0.6) is 0 Å². The summed E-state index contributed by atoms with van der Waals surface area (Å²) >= 11 is 0. The van der Waals surface area contributed by atoms with Crippen molar-refractivity contribution < 1.29 is 0 Å². The van der Waals surface area contributed by atoms with Gasteiger partial charge in [-0.1, -0.05) is 56.3 Å². The maximum atomic E-state index is 3.55. The minimum Gasteiger partial charge on any atom is -0.371 e. The number of anilines is 1. The summed E-state index contributed by atoms with van der Waals surface area (Å²) in [5.74, 6) is 1.60. The third-order valence-corrected chi connectivity index (χ3v) is 4.93. The maximum absolute atomic E-state index is 3.55. The Kier molecular flexibility index (Phi) is 5.92. The summed E-state index contributed by atoms with van der Waals surface area (Å²) in [6.45, 7) is 9.09. The molecular weight excluding hydrogens is 292 g/mol. The van der Waals surface area contributed by atoms with E-state index in [0.717, 1.165) is 31.3 Å². The van der Waals surface area contributed by atoms with Gasteiger partial charge in [-0.15, -0.1) is 0 Å². The Hall–Kier alpha value is -1.80. The largest absolute Gasteiger partial charge is 0.371 e. The van der Waals surface area contributed by atoms with Gasteiger partial charge in [-0.2, -0.15) is 0 Å². The molecule has 1 aliphatic heterocycles. The normalized spacial score (nSPS) is 21.0. The van der Waals surface area contributed by atoms with E-state index in [1.807, 2.05) is 0 Å². The molecule has 0 radical (unpaired) electrons. The Balaban J connectivity index is 1.46. The Morgan fingerprint density at radius 3 is 2.21 bits per heavy atom. The van der Waals surface area contributed by atoms with Crippen LogP contribution in [0.4, 0.5) is 5.69 Å². The van der Waals surface area contributed by atoms with E-state index in [2.05, 4.69) is 78.7 Å². The summed E-state index contributed by atoms with van der Waals surface area (Å²) in [5.41, 5.74) is 4.14. The molecule has 2 aromatic rings. The molecule has 1 saturated heterocycles. The van der Waals surface area contributed by atoms with Gasteiger partial charge < -0.3 is 10.2 Å². The lowest BCUT2D eigenvalue weighted by Crippen LogP contribution is -2.38. The highest BCUT2D eigenvalue weighted by molar-refractivity contribution is 5.48. The predicted octanol–water partition coefficient (Wildman–Crippen LogP) is 4.50. The van der Waals surface area contributed by atoms with E-state index in [0.29, 0.717) is 0 Å². The third-order valence-electron chi connectivity index (χ3n) is 4.93. The lowest BCUT2D eigenvalue weighted by molar-refractivity contribution is 0.357. The van der Waals surface area contributed by atoms with Gasteiger partial charge in [0.05, 0.1) is 0 Å². The topological polar surface area (TPSA) is 15.3 Å². The SMILES string of the molecule is CC1CC(C)CN(c2ccc(CNCCc3ccccc3)cc2)C1. The second-order valence-electron chi connectivity index (χ2n) is 7.43. The molecule has 0 aliphatic carbocycles. The average molecular weight is 322 g/mol. The number of hydrogen-bond donors (Lipinski definition) is 1. The molecule has 2 unspecified atom stereocenters. The summed E-state index contributed by atoms with van der Waals surface area (Å²) in [4.78, 5) is 2.55. The molecule has 1 heterocycles. The van der Waals surface area contributed by atoms with Crippen molar-refractivity contribution in [2.45, 2.75) is 33.2 Å². The fourth-order valence-corrected chi connectivity index (χ4v) is 3.81. The first-order chi connectivity index (χ1) is 11.7. The highest BCUT2D eigenvalue weighted by Crippen LogP contribution is 2.26. The molecule has 3 rings (SSSR count). The van der Waals surface area contributed by atoms with Crippen molar-refractivity contribution >= 4 is 5.69 Å². The molecule has 24 heavy (non-hydrogen) atoms. The molecule has 2 heteroatoms. The molecule has 2 nitrogen and oxygen atoms in total. The molecule has 2 atom stereocenters. The first-order valence-electron chi connectivity index (χ1n) is 9.29. The summed E-state index contributed by atoms with van der Waals surface area (Å²) in [6.07, 6.45) is 2.45. The van der Waals surface area contributed by atoms with E-state index in [-0.39, 0.29) is 0 Å². The minimum absolute atomic E-state index is 0.799. The summed E-state index contributed by atoms with van der Waals surface area (Å²) < 4.78 is 0. The summed E-state index contributed by atoms with van der Waals surface area (Å²) in [7, 11) is 0. The van der Waals surface area contributed by atoms with Crippen LogP contribution in [-0.4, -0.2) is 19.6 Å². The van der Waals surface area contributed by atoms with Gasteiger partial charge in [-0.05, 0) is 54.5 Å². The highest BCUT2D eigenvalue weighted by Gasteiger charge is 2.21. The van der Waals surface area contributed by atoms with Crippen molar-refractivity contribution in [1.82, 2.24) is 5.32 Å². The van der Waals surface area contributed by atoms with Crippen LogP contribution < -0.4 is 10.2 Å². The van der Waals surface area contributed by atoms with Gasteiger partial charge in [0.2, 0.25) is 0 Å². The molecule has 0 aromatic heterocycles. The lowest BCUT2D eigenvalue weighted by atomic mass is 9.91. The van der Waals surface area contributed by atoms with Crippen LogP contribution in [0.2, 0.25) is 0 Å². The molecule has 0 spiro atoms. The molecule has 0 saturated carbocycles. The van der Waals surface area contributed by atoms with Crippen LogP contribution >= 0.6 is 0 Å². The standard InChI is InChI=1S/C22H30N2/c1-18-14-19(2)17-24(16-18)22-10-8-21(9-11-22)15-23-13-12-20-6-4-3-5-7-20/h3-11,18-19,23H,12-17H2,1-2H3. The van der Waals surface area contributed by atoms with Gasteiger partial charge in [0.25, 0.3) is 0 Å². The molecule has 2 aromatic carbocycles. The molecule has 128 valence electrons. The molecule has 0 amide bonds. The zero-order chi connectivity index (χ0) is 16.8. The number of benzene rings is 2. The monoisotopic (exact) mass is 322 g/mol. The van der Waals surface area contributed by atoms with E-state index in [9.17, 15) is 0 Å².